The number of sulfonamides is 1. The van der Waals surface area contributed by atoms with Crippen molar-refractivity contribution in [2.75, 3.05) is 13.1 Å². The SMILES string of the molecule is CCN(CC)S(=O)(=O)c1ccc2c(c1)nc(CCC(=O)NC1CCCCC1C)n2CC. The number of rotatable bonds is 9. The number of hydrogen-bond donors (Lipinski definition) is 1. The van der Waals surface area contributed by atoms with Crippen molar-refractivity contribution in [2.24, 2.45) is 5.92 Å². The van der Waals surface area contributed by atoms with Gasteiger partial charge in [-0.25, -0.2) is 13.4 Å². The van der Waals surface area contributed by atoms with Crippen molar-refractivity contribution in [3.05, 3.63) is 24.0 Å². The van der Waals surface area contributed by atoms with E-state index in [-0.39, 0.29) is 16.8 Å². The molecule has 0 bridgehead atoms. The summed E-state index contributed by atoms with van der Waals surface area (Å²) in [5.74, 6) is 1.42. The maximum Gasteiger partial charge on any atom is 0.243 e. The van der Waals surface area contributed by atoms with Crippen LogP contribution < -0.4 is 5.32 Å². The summed E-state index contributed by atoms with van der Waals surface area (Å²) in [5, 5.41) is 3.20. The molecule has 1 heterocycles. The first kappa shape index (κ1) is 23.7. The second kappa shape index (κ2) is 10.1. The predicted octanol–water partition coefficient (Wildman–Crippen LogP) is 3.71. The average molecular weight is 449 g/mol. The molecule has 7 nitrogen and oxygen atoms in total. The average Bonchev–Trinajstić information content (AvgIpc) is 3.11. The zero-order valence-corrected chi connectivity index (χ0v) is 20.0. The van der Waals surface area contributed by atoms with Gasteiger partial charge in [0.25, 0.3) is 0 Å². The molecule has 3 rings (SSSR count). The molecule has 1 amide bonds. The summed E-state index contributed by atoms with van der Waals surface area (Å²) in [6.07, 6.45) is 5.59. The minimum Gasteiger partial charge on any atom is -0.353 e. The summed E-state index contributed by atoms with van der Waals surface area (Å²) >= 11 is 0. The zero-order valence-electron chi connectivity index (χ0n) is 19.2. The van der Waals surface area contributed by atoms with Crippen LogP contribution in [0, 0.1) is 5.92 Å². The number of benzene rings is 1. The molecular formula is C23H36N4O3S. The van der Waals surface area contributed by atoms with Gasteiger partial charge in [-0.15, -0.1) is 0 Å². The topological polar surface area (TPSA) is 84.3 Å². The van der Waals surface area contributed by atoms with Crippen molar-refractivity contribution in [2.45, 2.75) is 83.7 Å². The molecule has 0 aliphatic heterocycles. The number of imidazole rings is 1. The summed E-state index contributed by atoms with van der Waals surface area (Å²) in [4.78, 5) is 17.5. The van der Waals surface area contributed by atoms with E-state index in [4.69, 9.17) is 4.98 Å². The largest absolute Gasteiger partial charge is 0.353 e. The van der Waals surface area contributed by atoms with Crippen LogP contribution in [-0.2, 0) is 27.8 Å². The second-order valence-electron chi connectivity index (χ2n) is 8.45. The smallest absolute Gasteiger partial charge is 0.243 e. The molecule has 1 saturated carbocycles. The number of carbonyl (C=O) groups excluding carboxylic acids is 1. The van der Waals surface area contributed by atoms with Gasteiger partial charge in [0.2, 0.25) is 15.9 Å². The molecule has 0 saturated heterocycles. The number of aromatic nitrogens is 2. The number of amides is 1. The van der Waals surface area contributed by atoms with E-state index in [1.54, 1.807) is 12.1 Å². The van der Waals surface area contributed by atoms with E-state index in [2.05, 4.69) is 16.8 Å². The number of hydrogen-bond acceptors (Lipinski definition) is 4. The Morgan fingerprint density at radius 1 is 1.19 bits per heavy atom. The van der Waals surface area contributed by atoms with Crippen LogP contribution in [-0.4, -0.2) is 47.3 Å². The lowest BCUT2D eigenvalue weighted by Gasteiger charge is -2.29. The highest BCUT2D eigenvalue weighted by Gasteiger charge is 2.24. The maximum atomic E-state index is 12.9. The van der Waals surface area contributed by atoms with Crippen molar-refractivity contribution in [1.82, 2.24) is 19.2 Å². The number of fused-ring (bicyclic) bond motifs is 1. The Labute approximate surface area is 186 Å². The fraction of sp³-hybridized carbons (Fsp3) is 0.652. The first-order chi connectivity index (χ1) is 14.8. The summed E-state index contributed by atoms with van der Waals surface area (Å²) in [6.45, 7) is 9.50. The van der Waals surface area contributed by atoms with E-state index in [0.29, 0.717) is 37.4 Å². The normalized spacial score (nSPS) is 19.8. The van der Waals surface area contributed by atoms with Crippen molar-refractivity contribution < 1.29 is 13.2 Å². The van der Waals surface area contributed by atoms with Gasteiger partial charge < -0.3 is 9.88 Å². The molecule has 1 aromatic carbocycles. The Balaban J connectivity index is 1.77. The number of nitrogens with one attached hydrogen (secondary N) is 1. The van der Waals surface area contributed by atoms with Crippen LogP contribution in [0.25, 0.3) is 11.0 Å². The van der Waals surface area contributed by atoms with Gasteiger partial charge in [-0.1, -0.05) is 33.6 Å². The Kier molecular flexibility index (Phi) is 7.75. The van der Waals surface area contributed by atoms with Gasteiger partial charge >= 0.3 is 0 Å². The minimum atomic E-state index is -3.53. The monoisotopic (exact) mass is 448 g/mol. The van der Waals surface area contributed by atoms with Crippen molar-refractivity contribution in [1.29, 1.82) is 0 Å². The third-order valence-electron chi connectivity index (χ3n) is 6.49. The molecule has 0 radical (unpaired) electrons. The molecule has 1 aliphatic rings. The molecule has 2 unspecified atom stereocenters. The number of nitrogens with zero attached hydrogens (tertiary/aromatic N) is 3. The highest BCUT2D eigenvalue weighted by Crippen LogP contribution is 2.25. The van der Waals surface area contributed by atoms with Crippen molar-refractivity contribution >= 4 is 27.0 Å². The Hall–Kier alpha value is -1.93. The van der Waals surface area contributed by atoms with E-state index in [1.807, 2.05) is 26.8 Å². The third-order valence-corrected chi connectivity index (χ3v) is 8.54. The van der Waals surface area contributed by atoms with Crippen molar-refractivity contribution in [3.8, 4) is 0 Å². The van der Waals surface area contributed by atoms with Crippen LogP contribution in [0.2, 0.25) is 0 Å². The Bertz CT molecular complexity index is 1010. The molecule has 2 atom stereocenters. The Morgan fingerprint density at radius 3 is 2.55 bits per heavy atom. The predicted molar refractivity (Wildman–Crippen MR) is 123 cm³/mol. The van der Waals surface area contributed by atoms with E-state index in [9.17, 15) is 13.2 Å². The molecule has 0 spiro atoms. The first-order valence-electron chi connectivity index (χ1n) is 11.6. The summed E-state index contributed by atoms with van der Waals surface area (Å²) < 4.78 is 29.3. The summed E-state index contributed by atoms with van der Waals surface area (Å²) in [7, 11) is -3.53. The third kappa shape index (κ3) is 5.12. The van der Waals surface area contributed by atoms with E-state index >= 15 is 0 Å². The van der Waals surface area contributed by atoms with Gasteiger partial charge in [-0.2, -0.15) is 4.31 Å². The van der Waals surface area contributed by atoms with Crippen LogP contribution in [0.3, 0.4) is 0 Å². The molecule has 1 aromatic heterocycles. The number of aryl methyl sites for hydroxylation is 2. The highest BCUT2D eigenvalue weighted by molar-refractivity contribution is 7.89. The van der Waals surface area contributed by atoms with E-state index in [1.165, 1.54) is 23.6 Å². The summed E-state index contributed by atoms with van der Waals surface area (Å²) in [5.41, 5.74) is 1.56. The van der Waals surface area contributed by atoms with Gasteiger partial charge in [0.15, 0.2) is 0 Å². The molecule has 1 aliphatic carbocycles. The zero-order chi connectivity index (χ0) is 22.6. The molecule has 31 heavy (non-hydrogen) atoms. The van der Waals surface area contributed by atoms with E-state index < -0.39 is 10.0 Å². The van der Waals surface area contributed by atoms with Gasteiger partial charge in [0.1, 0.15) is 5.82 Å². The van der Waals surface area contributed by atoms with Gasteiger partial charge in [-0.3, -0.25) is 4.79 Å². The summed E-state index contributed by atoms with van der Waals surface area (Å²) in [6, 6.07) is 5.42. The lowest BCUT2D eigenvalue weighted by molar-refractivity contribution is -0.122. The molecular weight excluding hydrogens is 412 g/mol. The van der Waals surface area contributed by atoms with Crippen LogP contribution in [0.4, 0.5) is 0 Å². The van der Waals surface area contributed by atoms with Crippen LogP contribution in [0.15, 0.2) is 23.1 Å². The number of carbonyl (C=O) groups is 1. The lowest BCUT2D eigenvalue weighted by Crippen LogP contribution is -2.41. The quantitative estimate of drug-likeness (QED) is 0.634. The Morgan fingerprint density at radius 2 is 1.90 bits per heavy atom. The fourth-order valence-electron chi connectivity index (χ4n) is 4.61. The highest BCUT2D eigenvalue weighted by atomic mass is 32.2. The second-order valence-corrected chi connectivity index (χ2v) is 10.4. The first-order valence-corrected chi connectivity index (χ1v) is 13.0. The molecule has 172 valence electrons. The van der Waals surface area contributed by atoms with Crippen LogP contribution in [0.1, 0.15) is 65.6 Å². The lowest BCUT2D eigenvalue weighted by atomic mass is 9.86. The standard InChI is InChI=1S/C23H36N4O3S/c1-5-26(6-2)31(29,30)18-12-13-21-20(16-18)24-22(27(21)7-3)14-15-23(28)25-19-11-9-8-10-17(19)4/h12-13,16-17,19H,5-11,14-15H2,1-4H3,(H,25,28). The molecule has 2 aromatic rings. The van der Waals surface area contributed by atoms with Gasteiger partial charge in [-0.05, 0) is 43.9 Å². The van der Waals surface area contributed by atoms with Gasteiger partial charge in [0, 0.05) is 38.5 Å². The molecule has 1 N–H and O–H groups in total. The van der Waals surface area contributed by atoms with Crippen LogP contribution in [0.5, 0.6) is 0 Å². The maximum absolute atomic E-state index is 12.9. The van der Waals surface area contributed by atoms with E-state index in [0.717, 1.165) is 24.3 Å². The molecule has 1 fully saturated rings. The molecule has 8 heteroatoms. The van der Waals surface area contributed by atoms with Crippen molar-refractivity contribution in [3.63, 3.8) is 0 Å². The minimum absolute atomic E-state index is 0.0678. The van der Waals surface area contributed by atoms with Crippen LogP contribution >= 0.6 is 0 Å². The van der Waals surface area contributed by atoms with Gasteiger partial charge in [0.05, 0.1) is 15.9 Å². The fourth-order valence-corrected chi connectivity index (χ4v) is 6.09.